The minimum atomic E-state index is -1.21. The minimum absolute atomic E-state index is 0.0968. The van der Waals surface area contributed by atoms with Crippen LogP contribution in [0.4, 0.5) is 13.2 Å². The van der Waals surface area contributed by atoms with Crippen molar-refractivity contribution in [1.29, 1.82) is 0 Å². The van der Waals surface area contributed by atoms with Gasteiger partial charge in [-0.05, 0) is 24.9 Å². The lowest BCUT2D eigenvalue weighted by molar-refractivity contribution is 0.491. The summed E-state index contributed by atoms with van der Waals surface area (Å²) in [5, 5.41) is 7.30. The fourth-order valence-electron chi connectivity index (χ4n) is 1.99. The highest BCUT2D eigenvalue weighted by Gasteiger charge is 2.12. The van der Waals surface area contributed by atoms with Crippen LogP contribution in [0.2, 0.25) is 0 Å². The van der Waals surface area contributed by atoms with Crippen molar-refractivity contribution in [3.8, 4) is 5.69 Å². The second-order valence-corrected chi connectivity index (χ2v) is 5.22. The summed E-state index contributed by atoms with van der Waals surface area (Å²) in [5.74, 6) is -3.14. The van der Waals surface area contributed by atoms with Crippen molar-refractivity contribution >= 4 is 0 Å². The van der Waals surface area contributed by atoms with Gasteiger partial charge in [-0.1, -0.05) is 13.8 Å². The zero-order valence-electron chi connectivity index (χ0n) is 12.0. The van der Waals surface area contributed by atoms with Gasteiger partial charge in [-0.2, -0.15) is 5.10 Å². The van der Waals surface area contributed by atoms with Crippen LogP contribution < -0.4 is 5.32 Å². The molecule has 114 valence electrons. The first-order valence-electron chi connectivity index (χ1n) is 6.89. The Kier molecular flexibility index (Phi) is 5.01. The summed E-state index contributed by atoms with van der Waals surface area (Å²) in [7, 11) is 0. The number of rotatable bonds is 6. The Hall–Kier alpha value is -1.82. The summed E-state index contributed by atoms with van der Waals surface area (Å²) in [5.41, 5.74) is 0.824. The maximum absolute atomic E-state index is 13.6. The van der Waals surface area contributed by atoms with E-state index in [1.54, 1.807) is 12.4 Å². The normalized spacial score (nSPS) is 11.3. The highest BCUT2D eigenvalue weighted by atomic mass is 19.2. The van der Waals surface area contributed by atoms with Gasteiger partial charge < -0.3 is 5.32 Å². The number of nitrogens with one attached hydrogen (secondary N) is 1. The third-order valence-corrected chi connectivity index (χ3v) is 3.07. The van der Waals surface area contributed by atoms with Crippen LogP contribution in [0, 0.1) is 17.5 Å². The highest BCUT2D eigenvalue weighted by molar-refractivity contribution is 5.34. The first-order valence-corrected chi connectivity index (χ1v) is 6.89. The standard InChI is InChI=1S/C15H18F3N3/c1-10(2)19-5-3-4-11-8-20-21(9-11)15-7-13(17)12(16)6-14(15)18/h6-10,19H,3-5H2,1-2H3. The van der Waals surface area contributed by atoms with Crippen molar-refractivity contribution in [2.24, 2.45) is 0 Å². The quantitative estimate of drug-likeness (QED) is 0.655. The number of halogens is 3. The molecule has 1 aromatic carbocycles. The summed E-state index contributed by atoms with van der Waals surface area (Å²) in [6, 6.07) is 1.77. The number of aromatic nitrogens is 2. The number of hydrogen-bond acceptors (Lipinski definition) is 2. The van der Waals surface area contributed by atoms with Crippen LogP contribution in [0.25, 0.3) is 5.69 Å². The van der Waals surface area contributed by atoms with Gasteiger partial charge in [0, 0.05) is 24.4 Å². The van der Waals surface area contributed by atoms with Crippen molar-refractivity contribution in [2.45, 2.75) is 32.7 Å². The molecule has 1 aromatic heterocycles. The number of aryl methyl sites for hydroxylation is 1. The Morgan fingerprint density at radius 1 is 1.14 bits per heavy atom. The molecule has 0 fully saturated rings. The summed E-state index contributed by atoms with van der Waals surface area (Å²) in [6.07, 6.45) is 4.94. The van der Waals surface area contributed by atoms with E-state index in [1.807, 2.05) is 0 Å². The van der Waals surface area contributed by atoms with Gasteiger partial charge in [-0.3, -0.25) is 0 Å². The van der Waals surface area contributed by atoms with E-state index >= 15 is 0 Å². The zero-order chi connectivity index (χ0) is 15.4. The van der Waals surface area contributed by atoms with Gasteiger partial charge in [0.05, 0.1) is 6.20 Å². The molecule has 2 rings (SSSR count). The number of nitrogens with zero attached hydrogens (tertiary/aromatic N) is 2. The van der Waals surface area contributed by atoms with Gasteiger partial charge >= 0.3 is 0 Å². The molecular weight excluding hydrogens is 279 g/mol. The van der Waals surface area contributed by atoms with E-state index in [0.29, 0.717) is 12.1 Å². The van der Waals surface area contributed by atoms with E-state index in [2.05, 4.69) is 24.3 Å². The van der Waals surface area contributed by atoms with E-state index in [9.17, 15) is 13.2 Å². The molecule has 21 heavy (non-hydrogen) atoms. The fraction of sp³-hybridized carbons (Fsp3) is 0.400. The van der Waals surface area contributed by atoms with Gasteiger partial charge in [-0.25, -0.2) is 17.9 Å². The predicted octanol–water partition coefficient (Wildman–Crippen LogP) is 3.22. The monoisotopic (exact) mass is 297 g/mol. The molecule has 0 saturated heterocycles. The molecule has 1 N–H and O–H groups in total. The van der Waals surface area contributed by atoms with Gasteiger partial charge in [0.2, 0.25) is 0 Å². The molecule has 1 heterocycles. The molecule has 0 spiro atoms. The number of hydrogen-bond donors (Lipinski definition) is 1. The zero-order valence-corrected chi connectivity index (χ0v) is 12.0. The maximum Gasteiger partial charge on any atom is 0.161 e. The second-order valence-electron chi connectivity index (χ2n) is 5.22. The fourth-order valence-corrected chi connectivity index (χ4v) is 1.99. The van der Waals surface area contributed by atoms with Crippen LogP contribution in [0.3, 0.4) is 0 Å². The van der Waals surface area contributed by atoms with E-state index in [0.717, 1.165) is 31.0 Å². The molecule has 0 aliphatic carbocycles. The summed E-state index contributed by atoms with van der Waals surface area (Å²) in [4.78, 5) is 0. The third-order valence-electron chi connectivity index (χ3n) is 3.07. The van der Waals surface area contributed by atoms with Gasteiger partial charge in [0.15, 0.2) is 17.5 Å². The van der Waals surface area contributed by atoms with Gasteiger partial charge in [0.1, 0.15) is 5.69 Å². The lowest BCUT2D eigenvalue weighted by Gasteiger charge is -2.06. The van der Waals surface area contributed by atoms with Crippen LogP contribution in [0.15, 0.2) is 24.5 Å². The number of benzene rings is 1. The van der Waals surface area contributed by atoms with Crippen molar-refractivity contribution in [3.05, 3.63) is 47.5 Å². The maximum atomic E-state index is 13.6. The topological polar surface area (TPSA) is 29.9 Å². The summed E-state index contributed by atoms with van der Waals surface area (Å²) in [6.45, 7) is 5.02. The van der Waals surface area contributed by atoms with Gasteiger partial charge in [-0.15, -0.1) is 0 Å². The Labute approximate surface area is 121 Å². The molecule has 0 bridgehead atoms. The molecule has 3 nitrogen and oxygen atoms in total. The molecule has 0 amide bonds. The van der Waals surface area contributed by atoms with E-state index in [-0.39, 0.29) is 5.69 Å². The van der Waals surface area contributed by atoms with Crippen LogP contribution in [0.5, 0.6) is 0 Å². The molecule has 6 heteroatoms. The van der Waals surface area contributed by atoms with Crippen molar-refractivity contribution in [2.75, 3.05) is 6.54 Å². The Bertz CT molecular complexity index is 608. The van der Waals surface area contributed by atoms with Crippen LogP contribution >= 0.6 is 0 Å². The molecule has 2 aromatic rings. The molecule has 0 atom stereocenters. The molecule has 0 unspecified atom stereocenters. The predicted molar refractivity (Wildman–Crippen MR) is 74.9 cm³/mol. The van der Waals surface area contributed by atoms with Crippen molar-refractivity contribution < 1.29 is 13.2 Å². The SMILES string of the molecule is CC(C)NCCCc1cnn(-c2cc(F)c(F)cc2F)c1. The molecule has 0 radical (unpaired) electrons. The largest absolute Gasteiger partial charge is 0.315 e. The van der Waals surface area contributed by atoms with Crippen LogP contribution in [0.1, 0.15) is 25.8 Å². The van der Waals surface area contributed by atoms with Crippen LogP contribution in [-0.2, 0) is 6.42 Å². The summed E-state index contributed by atoms with van der Waals surface area (Å²) >= 11 is 0. The first kappa shape index (κ1) is 15.6. The van der Waals surface area contributed by atoms with Crippen molar-refractivity contribution in [1.82, 2.24) is 15.1 Å². The highest BCUT2D eigenvalue weighted by Crippen LogP contribution is 2.18. The van der Waals surface area contributed by atoms with E-state index in [4.69, 9.17) is 0 Å². The third kappa shape index (κ3) is 4.07. The average molecular weight is 297 g/mol. The Morgan fingerprint density at radius 2 is 1.86 bits per heavy atom. The first-order chi connectivity index (χ1) is 9.97. The molecular formula is C15H18F3N3. The lowest BCUT2D eigenvalue weighted by Crippen LogP contribution is -2.23. The second kappa shape index (κ2) is 6.76. The Morgan fingerprint density at radius 3 is 2.57 bits per heavy atom. The lowest BCUT2D eigenvalue weighted by atomic mass is 10.2. The van der Waals surface area contributed by atoms with Crippen molar-refractivity contribution in [3.63, 3.8) is 0 Å². The molecule has 0 aliphatic rings. The van der Waals surface area contributed by atoms with Gasteiger partial charge in [0.25, 0.3) is 0 Å². The Balaban J connectivity index is 2.04. The average Bonchev–Trinajstić information content (AvgIpc) is 2.87. The van der Waals surface area contributed by atoms with E-state index < -0.39 is 17.5 Å². The van der Waals surface area contributed by atoms with Crippen LogP contribution in [-0.4, -0.2) is 22.4 Å². The summed E-state index contributed by atoms with van der Waals surface area (Å²) < 4.78 is 41.0. The molecule has 0 aliphatic heterocycles. The smallest absolute Gasteiger partial charge is 0.161 e. The molecule has 0 saturated carbocycles. The minimum Gasteiger partial charge on any atom is -0.315 e. The van der Waals surface area contributed by atoms with E-state index in [1.165, 1.54) is 4.68 Å².